The van der Waals surface area contributed by atoms with Crippen LogP contribution in [-0.4, -0.2) is 58.6 Å². The Labute approximate surface area is 157 Å². The van der Waals surface area contributed by atoms with E-state index in [1.54, 1.807) is 0 Å². The maximum Gasteiger partial charge on any atom is 0.0430 e. The van der Waals surface area contributed by atoms with Gasteiger partial charge in [-0.1, -0.05) is 41.0 Å². The van der Waals surface area contributed by atoms with Crippen molar-refractivity contribution in [2.24, 2.45) is 0 Å². The van der Waals surface area contributed by atoms with Gasteiger partial charge in [-0.05, 0) is 32.1 Å². The molecule has 0 aliphatic carbocycles. The Hall–Kier alpha value is 0.670. The largest absolute Gasteiger partial charge is 0.396 e. The van der Waals surface area contributed by atoms with Crippen molar-refractivity contribution in [3.8, 4) is 0 Å². The fourth-order valence-electron chi connectivity index (χ4n) is 0.158. The molecule has 0 bridgehead atoms. The minimum absolute atomic E-state index is 0. The van der Waals surface area contributed by atoms with Gasteiger partial charge in [-0.15, -0.1) is 0 Å². The first-order chi connectivity index (χ1) is 10.1. The van der Waals surface area contributed by atoms with Crippen LogP contribution in [0.4, 0.5) is 0 Å². The van der Waals surface area contributed by atoms with Gasteiger partial charge in [-0.2, -0.15) is 0 Å². The molecule has 0 aliphatic rings. The Kier molecular flexibility index (Phi) is 118. The second kappa shape index (κ2) is 68.0. The summed E-state index contributed by atoms with van der Waals surface area (Å²) in [4.78, 5) is 0. The zero-order valence-corrected chi connectivity index (χ0v) is 19.1. The summed E-state index contributed by atoms with van der Waals surface area (Å²) in [5, 5.41) is 39.6. The van der Waals surface area contributed by atoms with Crippen LogP contribution in [0.1, 0.15) is 73.1 Å². The third-order valence-corrected chi connectivity index (χ3v) is 1.41. The number of hydrogen-bond donors (Lipinski definition) is 5. The number of rotatable bonds is 6. The minimum atomic E-state index is 0. The molecule has 0 radical (unpaired) electrons. The average Bonchev–Trinajstić information content (AvgIpc) is 2.56. The molecule has 0 saturated heterocycles. The van der Waals surface area contributed by atoms with E-state index in [4.69, 9.17) is 25.5 Å². The van der Waals surface area contributed by atoms with E-state index in [1.165, 1.54) is 0 Å². The summed E-state index contributed by atoms with van der Waals surface area (Å²) in [5.74, 6) is 0. The predicted molar refractivity (Wildman–Crippen MR) is 91.5 cm³/mol. The summed E-state index contributed by atoms with van der Waals surface area (Å²) in [6, 6.07) is 0. The van der Waals surface area contributed by atoms with Crippen LogP contribution in [0, 0.1) is 0 Å². The van der Waals surface area contributed by atoms with Crippen molar-refractivity contribution in [2.75, 3.05) is 33.0 Å². The molecule has 0 aromatic heterocycles. The van der Waals surface area contributed by atoms with Gasteiger partial charge >= 0.3 is 0 Å². The van der Waals surface area contributed by atoms with Crippen molar-refractivity contribution in [1.29, 1.82) is 0 Å². The van der Waals surface area contributed by atoms with Gasteiger partial charge in [0.2, 0.25) is 0 Å². The third-order valence-electron chi connectivity index (χ3n) is 1.41. The molecule has 6 heteroatoms. The molecule has 5 nitrogen and oxygen atoms in total. The molecule has 0 saturated carbocycles. The van der Waals surface area contributed by atoms with Crippen LogP contribution in [0.5, 0.6) is 0 Å². The average molecular weight is 493 g/mol. The fourth-order valence-corrected chi connectivity index (χ4v) is 0.158. The maximum absolute atomic E-state index is 8.07. The molecule has 0 aromatic rings. The molecule has 0 rings (SSSR count). The van der Waals surface area contributed by atoms with Crippen molar-refractivity contribution < 1.29 is 51.4 Å². The van der Waals surface area contributed by atoms with E-state index < -0.39 is 0 Å². The zero-order chi connectivity index (χ0) is 17.8. The van der Waals surface area contributed by atoms with E-state index >= 15 is 0 Å². The van der Waals surface area contributed by atoms with Gasteiger partial charge in [0.1, 0.15) is 0 Å². The van der Waals surface area contributed by atoms with Gasteiger partial charge in [-0.25, -0.2) is 0 Å². The Balaban J connectivity index is -0.0000000361. The van der Waals surface area contributed by atoms with E-state index in [9.17, 15) is 0 Å². The molecule has 0 fully saturated rings. The Bertz CT molecular complexity index is 72.6. The van der Waals surface area contributed by atoms with Crippen LogP contribution < -0.4 is 0 Å². The van der Waals surface area contributed by atoms with Crippen LogP contribution in [-0.2, 0) is 25.8 Å². The van der Waals surface area contributed by atoms with Crippen LogP contribution >= 0.6 is 0 Å². The van der Waals surface area contributed by atoms with E-state index in [1.807, 2.05) is 27.7 Å². The zero-order valence-electron chi connectivity index (χ0n) is 15.5. The van der Waals surface area contributed by atoms with Crippen molar-refractivity contribution in [3.63, 3.8) is 0 Å². The smallest absolute Gasteiger partial charge is 0.0430 e. The normalized spacial score (nSPS) is 7.36. The molecule has 5 N–H and O–H groups in total. The van der Waals surface area contributed by atoms with Crippen LogP contribution in [0.25, 0.3) is 0 Å². The Morgan fingerprint density at radius 1 is 0.409 bits per heavy atom. The molecule has 140 valence electrons. The molecule has 0 unspecified atom stereocenters. The molecule has 0 aromatic carbocycles. The molecule has 0 aliphatic heterocycles. The number of hydrogen-bond acceptors (Lipinski definition) is 5. The molecule has 22 heavy (non-hydrogen) atoms. The first kappa shape index (κ1) is 38.3. The van der Waals surface area contributed by atoms with Crippen molar-refractivity contribution >= 4 is 0 Å². The number of unbranched alkanes of at least 4 members (excludes halogenated alkanes) is 1. The van der Waals surface area contributed by atoms with Crippen LogP contribution in [0.15, 0.2) is 0 Å². The van der Waals surface area contributed by atoms with Gasteiger partial charge < -0.3 is 25.5 Å². The summed E-state index contributed by atoms with van der Waals surface area (Å²) in [6.45, 7) is 11.4. The minimum Gasteiger partial charge on any atom is -0.396 e. The quantitative estimate of drug-likeness (QED) is 0.366. The Morgan fingerprint density at radius 3 is 0.591 bits per heavy atom. The van der Waals surface area contributed by atoms with Crippen LogP contribution in [0.3, 0.4) is 0 Å². The van der Waals surface area contributed by atoms with E-state index in [-0.39, 0.29) is 25.8 Å². The van der Waals surface area contributed by atoms with Gasteiger partial charge in [0.15, 0.2) is 0 Å². The van der Waals surface area contributed by atoms with Crippen LogP contribution in [0.2, 0.25) is 0 Å². The molecule has 0 spiro atoms. The summed E-state index contributed by atoms with van der Waals surface area (Å²) >= 11 is 0. The first-order valence-electron chi connectivity index (χ1n) is 8.12. The third kappa shape index (κ3) is 180. The van der Waals surface area contributed by atoms with Crippen molar-refractivity contribution in [2.45, 2.75) is 73.1 Å². The van der Waals surface area contributed by atoms with Gasteiger partial charge in [0.05, 0.1) is 0 Å². The van der Waals surface area contributed by atoms with E-state index in [2.05, 4.69) is 6.92 Å². The standard InChI is InChI=1S/C4H10O.4C3H8O.Hf/c1-2-3-4-5;4*1-2-3-4;/h5H,2-4H2,1H3;4*4H,2-3H2,1H3;. The topological polar surface area (TPSA) is 101 Å². The molecule has 0 amide bonds. The predicted octanol–water partition coefficient (Wildman–Crippen LogP) is 2.33. The van der Waals surface area contributed by atoms with Gasteiger partial charge in [-0.3, -0.25) is 0 Å². The molecular weight excluding hydrogens is 451 g/mol. The second-order valence-electron chi connectivity index (χ2n) is 3.97. The number of aliphatic hydroxyl groups excluding tert-OH is 5. The molecule has 0 heterocycles. The molecule has 0 atom stereocenters. The fraction of sp³-hybridized carbons (Fsp3) is 1.00. The van der Waals surface area contributed by atoms with Gasteiger partial charge in [0, 0.05) is 58.9 Å². The first-order valence-corrected chi connectivity index (χ1v) is 8.12. The summed E-state index contributed by atoms with van der Waals surface area (Å²) in [6.07, 6.45) is 5.54. The summed E-state index contributed by atoms with van der Waals surface area (Å²) in [7, 11) is 0. The van der Waals surface area contributed by atoms with Crippen molar-refractivity contribution in [1.82, 2.24) is 0 Å². The number of aliphatic hydroxyl groups is 5. The summed E-state index contributed by atoms with van der Waals surface area (Å²) < 4.78 is 0. The van der Waals surface area contributed by atoms with E-state index in [0.29, 0.717) is 33.0 Å². The van der Waals surface area contributed by atoms with Gasteiger partial charge in [0.25, 0.3) is 0 Å². The Morgan fingerprint density at radius 2 is 0.591 bits per heavy atom. The SMILES string of the molecule is CCCCO.CCCO.CCCO.CCCO.CCCO.[Hf]. The molecular formula is C16H42HfO5. The maximum atomic E-state index is 8.07. The second-order valence-corrected chi connectivity index (χ2v) is 3.97. The van der Waals surface area contributed by atoms with Crippen molar-refractivity contribution in [3.05, 3.63) is 0 Å². The van der Waals surface area contributed by atoms with E-state index in [0.717, 1.165) is 38.5 Å². The monoisotopic (exact) mass is 494 g/mol. The summed E-state index contributed by atoms with van der Waals surface area (Å²) in [5.41, 5.74) is 0.